The smallest absolute Gasteiger partial charge is 0.309 e. The van der Waals surface area contributed by atoms with Gasteiger partial charge in [-0.3, -0.25) is 9.59 Å². The summed E-state index contributed by atoms with van der Waals surface area (Å²) in [6, 6.07) is 8.10. The van der Waals surface area contributed by atoms with E-state index in [2.05, 4.69) is 11.4 Å². The van der Waals surface area contributed by atoms with Crippen LogP contribution >= 0.6 is 22.9 Å². The fraction of sp³-hybridized carbons (Fsp3) is 0.520. The highest BCUT2D eigenvalue weighted by Crippen LogP contribution is 2.43. The largest absolute Gasteiger partial charge is 0.466 e. The zero-order chi connectivity index (χ0) is 22.7. The number of quaternary nitrogens is 1. The number of benzene rings is 1. The van der Waals surface area contributed by atoms with E-state index in [1.54, 1.807) is 18.3 Å². The number of aryl methyl sites for hydroxylation is 1. The van der Waals surface area contributed by atoms with Crippen LogP contribution in [0, 0.1) is 5.92 Å². The van der Waals surface area contributed by atoms with Crippen molar-refractivity contribution in [2.45, 2.75) is 58.4 Å². The van der Waals surface area contributed by atoms with Gasteiger partial charge in [0.05, 0.1) is 36.2 Å². The first kappa shape index (κ1) is 23.3. The van der Waals surface area contributed by atoms with Crippen molar-refractivity contribution in [3.63, 3.8) is 0 Å². The number of amides is 1. The summed E-state index contributed by atoms with van der Waals surface area (Å²) in [7, 11) is 0. The lowest BCUT2D eigenvalue weighted by Crippen LogP contribution is -3.13. The Kier molecular flexibility index (Phi) is 7.54. The van der Waals surface area contributed by atoms with Gasteiger partial charge in [0.2, 0.25) is 5.91 Å². The standard InChI is InChI=1S/C25H31ClN2O3S/c1-3-31-25(30)17-12-14-28(15-13-17)23(18-8-4-6-10-20(18)26)22-19-9-5-7-11-21(19)32-24(22)27-16(2)29/h4,6,8,10,17,23H,3,5,7,9,11-15H2,1-2H3,(H,27,29)/p+1/t23-/m0/s1. The number of carbonyl (C=O) groups is 2. The number of anilines is 1. The molecule has 1 aromatic carbocycles. The normalized spacial score (nSPS) is 21.5. The molecule has 1 aliphatic carbocycles. The quantitative estimate of drug-likeness (QED) is 0.616. The molecule has 172 valence electrons. The Morgan fingerprint density at radius 3 is 2.62 bits per heavy atom. The first-order valence-corrected chi connectivity index (χ1v) is 12.9. The van der Waals surface area contributed by atoms with Crippen molar-refractivity contribution >= 4 is 39.8 Å². The molecule has 1 amide bonds. The molecule has 2 aliphatic rings. The van der Waals surface area contributed by atoms with Crippen molar-refractivity contribution in [1.82, 2.24) is 0 Å². The van der Waals surface area contributed by atoms with Gasteiger partial charge in [0, 0.05) is 30.2 Å². The number of piperidine rings is 1. The number of likely N-dealkylation sites (tertiary alicyclic amines) is 1. The summed E-state index contributed by atoms with van der Waals surface area (Å²) < 4.78 is 5.28. The fourth-order valence-electron chi connectivity index (χ4n) is 5.21. The van der Waals surface area contributed by atoms with Crippen molar-refractivity contribution < 1.29 is 19.2 Å². The minimum atomic E-state index is -0.0762. The number of hydrogen-bond acceptors (Lipinski definition) is 4. The number of nitrogens with one attached hydrogen (secondary N) is 2. The van der Waals surface area contributed by atoms with E-state index >= 15 is 0 Å². The Balaban J connectivity index is 1.74. The molecule has 2 heterocycles. The highest BCUT2D eigenvalue weighted by atomic mass is 35.5. The van der Waals surface area contributed by atoms with Crippen LogP contribution in [-0.2, 0) is 27.2 Å². The Hall–Kier alpha value is -1.89. The van der Waals surface area contributed by atoms with Crippen LogP contribution in [0.5, 0.6) is 0 Å². The molecule has 5 nitrogen and oxygen atoms in total. The van der Waals surface area contributed by atoms with Gasteiger partial charge in [-0.05, 0) is 44.2 Å². The van der Waals surface area contributed by atoms with E-state index in [1.807, 2.05) is 25.1 Å². The predicted molar refractivity (Wildman–Crippen MR) is 129 cm³/mol. The van der Waals surface area contributed by atoms with Gasteiger partial charge < -0.3 is 15.0 Å². The van der Waals surface area contributed by atoms with Gasteiger partial charge in [-0.25, -0.2) is 0 Å². The Bertz CT molecular complexity index is 982. The zero-order valence-electron chi connectivity index (χ0n) is 18.8. The maximum atomic E-state index is 12.3. The van der Waals surface area contributed by atoms with E-state index in [-0.39, 0.29) is 23.8 Å². The Morgan fingerprint density at radius 1 is 1.22 bits per heavy atom. The molecule has 1 saturated heterocycles. The van der Waals surface area contributed by atoms with Crippen molar-refractivity contribution in [2.24, 2.45) is 5.92 Å². The highest BCUT2D eigenvalue weighted by Gasteiger charge is 2.39. The van der Waals surface area contributed by atoms with Gasteiger partial charge in [-0.2, -0.15) is 0 Å². The molecule has 2 N–H and O–H groups in total. The first-order valence-electron chi connectivity index (χ1n) is 11.7. The monoisotopic (exact) mass is 475 g/mol. The van der Waals surface area contributed by atoms with Crippen molar-refractivity contribution in [3.8, 4) is 0 Å². The molecular weight excluding hydrogens is 444 g/mol. The number of thiophene rings is 1. The number of carbonyl (C=O) groups excluding carboxylic acids is 2. The summed E-state index contributed by atoms with van der Waals surface area (Å²) in [4.78, 5) is 27.2. The lowest BCUT2D eigenvalue weighted by Gasteiger charge is -2.35. The van der Waals surface area contributed by atoms with Crippen LogP contribution in [0.25, 0.3) is 0 Å². The molecule has 1 fully saturated rings. The minimum Gasteiger partial charge on any atom is -0.466 e. The summed E-state index contributed by atoms with van der Waals surface area (Å²) in [5.74, 6) is -0.150. The second-order valence-electron chi connectivity index (χ2n) is 8.77. The lowest BCUT2D eigenvalue weighted by atomic mass is 9.87. The predicted octanol–water partition coefficient (Wildman–Crippen LogP) is 4.19. The summed E-state index contributed by atoms with van der Waals surface area (Å²) in [5.41, 5.74) is 3.73. The van der Waals surface area contributed by atoms with Crippen LogP contribution in [0.1, 0.15) is 67.1 Å². The van der Waals surface area contributed by atoms with Crippen LogP contribution < -0.4 is 10.2 Å². The zero-order valence-corrected chi connectivity index (χ0v) is 20.4. The third-order valence-electron chi connectivity index (χ3n) is 6.66. The fourth-order valence-corrected chi connectivity index (χ4v) is 6.83. The molecule has 0 spiro atoms. The van der Waals surface area contributed by atoms with Crippen molar-refractivity contribution in [3.05, 3.63) is 50.9 Å². The molecule has 0 saturated carbocycles. The van der Waals surface area contributed by atoms with E-state index in [0.717, 1.165) is 54.4 Å². The SMILES string of the molecule is CCOC(=O)C1CC[NH+]([C@@H](c2ccccc2Cl)c2c(NC(C)=O)sc3c2CCCC3)CC1. The summed E-state index contributed by atoms with van der Waals surface area (Å²) >= 11 is 8.48. The van der Waals surface area contributed by atoms with Crippen LogP contribution in [0.3, 0.4) is 0 Å². The molecule has 1 aliphatic heterocycles. The second-order valence-corrected chi connectivity index (χ2v) is 10.3. The Morgan fingerprint density at radius 2 is 1.94 bits per heavy atom. The van der Waals surface area contributed by atoms with Crippen LogP contribution in [-0.4, -0.2) is 31.6 Å². The summed E-state index contributed by atoms with van der Waals surface area (Å²) in [5, 5.41) is 4.85. The number of hydrogen-bond donors (Lipinski definition) is 2. The van der Waals surface area contributed by atoms with E-state index in [1.165, 1.54) is 33.7 Å². The molecule has 0 radical (unpaired) electrons. The van der Waals surface area contributed by atoms with E-state index < -0.39 is 0 Å². The number of rotatable bonds is 6. The lowest BCUT2D eigenvalue weighted by molar-refractivity contribution is -0.931. The van der Waals surface area contributed by atoms with Gasteiger partial charge in [0.1, 0.15) is 11.0 Å². The molecule has 1 aromatic heterocycles. The average Bonchev–Trinajstić information content (AvgIpc) is 3.13. The molecule has 7 heteroatoms. The maximum absolute atomic E-state index is 12.3. The highest BCUT2D eigenvalue weighted by molar-refractivity contribution is 7.16. The molecule has 32 heavy (non-hydrogen) atoms. The molecule has 0 unspecified atom stereocenters. The van der Waals surface area contributed by atoms with Gasteiger partial charge in [0.25, 0.3) is 0 Å². The average molecular weight is 476 g/mol. The first-order chi connectivity index (χ1) is 15.5. The van der Waals surface area contributed by atoms with E-state index in [9.17, 15) is 9.59 Å². The Labute approximate surface area is 199 Å². The van der Waals surface area contributed by atoms with Crippen molar-refractivity contribution in [2.75, 3.05) is 25.0 Å². The number of fused-ring (bicyclic) bond motifs is 1. The maximum Gasteiger partial charge on any atom is 0.309 e. The van der Waals surface area contributed by atoms with Crippen LogP contribution in [0.2, 0.25) is 5.02 Å². The molecular formula is C25H32ClN2O3S+. The molecule has 1 atom stereocenters. The van der Waals surface area contributed by atoms with Gasteiger partial charge in [-0.1, -0.05) is 29.8 Å². The summed E-state index contributed by atoms with van der Waals surface area (Å²) in [6.07, 6.45) is 6.09. The molecule has 4 rings (SSSR count). The third-order valence-corrected chi connectivity index (χ3v) is 8.23. The molecule has 2 aromatic rings. The van der Waals surface area contributed by atoms with Crippen molar-refractivity contribution in [1.29, 1.82) is 0 Å². The van der Waals surface area contributed by atoms with Gasteiger partial charge in [-0.15, -0.1) is 11.3 Å². The number of esters is 1. The third kappa shape index (κ3) is 4.87. The van der Waals surface area contributed by atoms with E-state index in [0.29, 0.717) is 6.61 Å². The van der Waals surface area contributed by atoms with Crippen LogP contribution in [0.15, 0.2) is 24.3 Å². The molecule has 0 bridgehead atoms. The number of halogens is 1. The van der Waals surface area contributed by atoms with Gasteiger partial charge in [0.15, 0.2) is 0 Å². The minimum absolute atomic E-state index is 0.0307. The van der Waals surface area contributed by atoms with E-state index in [4.69, 9.17) is 16.3 Å². The van der Waals surface area contributed by atoms with Crippen LogP contribution in [0.4, 0.5) is 5.00 Å². The second kappa shape index (κ2) is 10.4. The topological polar surface area (TPSA) is 59.8 Å². The van der Waals surface area contributed by atoms with Gasteiger partial charge >= 0.3 is 5.97 Å². The summed E-state index contributed by atoms with van der Waals surface area (Å²) in [6.45, 7) is 5.59. The number of ether oxygens (including phenoxy) is 1.